The lowest BCUT2D eigenvalue weighted by molar-refractivity contribution is -0.139. The Labute approximate surface area is 132 Å². The second kappa shape index (κ2) is 6.60. The first-order valence-electron chi connectivity index (χ1n) is 7.70. The molecule has 1 aromatic heterocycles. The van der Waals surface area contributed by atoms with Crippen LogP contribution >= 0.6 is 0 Å². The van der Waals surface area contributed by atoms with Gasteiger partial charge in [0.05, 0.1) is 17.6 Å². The minimum Gasteiger partial charge on any atom is -0.345 e. The van der Waals surface area contributed by atoms with Crippen LogP contribution in [0.5, 0.6) is 0 Å². The molecule has 7 nitrogen and oxygen atoms in total. The molecule has 0 atom stereocenters. The predicted octanol–water partition coefficient (Wildman–Crippen LogP) is 0.598. The lowest BCUT2D eigenvalue weighted by atomic mass is 10.1. The lowest BCUT2D eigenvalue weighted by Crippen LogP contribution is -2.43. The molecule has 0 bridgehead atoms. The molecule has 3 rings (SSSR count). The molecule has 7 heteroatoms. The van der Waals surface area contributed by atoms with Crippen molar-refractivity contribution >= 4 is 22.6 Å². The Kier molecular flexibility index (Phi) is 4.36. The van der Waals surface area contributed by atoms with Crippen LogP contribution in [0.2, 0.25) is 0 Å². The first kappa shape index (κ1) is 15.2. The highest BCUT2D eigenvalue weighted by Gasteiger charge is 2.21. The van der Waals surface area contributed by atoms with E-state index in [0.29, 0.717) is 16.5 Å². The van der Waals surface area contributed by atoms with Crippen molar-refractivity contribution in [2.45, 2.75) is 38.3 Å². The SMILES string of the molecule is O=C(NCc1n[nH]c(=O)c2ccccc12)C(=O)NC1CCCC1. The van der Waals surface area contributed by atoms with Crippen LogP contribution in [0, 0.1) is 0 Å². The number of hydrogen-bond acceptors (Lipinski definition) is 4. The molecule has 1 aliphatic carbocycles. The number of hydrogen-bond donors (Lipinski definition) is 3. The van der Waals surface area contributed by atoms with E-state index in [0.717, 1.165) is 25.7 Å². The molecule has 120 valence electrons. The average molecular weight is 314 g/mol. The number of nitrogens with one attached hydrogen (secondary N) is 3. The Hall–Kier alpha value is -2.70. The van der Waals surface area contributed by atoms with Crippen molar-refractivity contribution in [1.29, 1.82) is 0 Å². The molecule has 0 spiro atoms. The van der Waals surface area contributed by atoms with Crippen LogP contribution < -0.4 is 16.2 Å². The number of carbonyl (C=O) groups is 2. The van der Waals surface area contributed by atoms with E-state index in [2.05, 4.69) is 20.8 Å². The summed E-state index contributed by atoms with van der Waals surface area (Å²) in [5, 5.41) is 12.8. The van der Waals surface area contributed by atoms with E-state index in [1.54, 1.807) is 24.3 Å². The Morgan fingerprint density at radius 2 is 1.83 bits per heavy atom. The second-order valence-corrected chi connectivity index (χ2v) is 5.68. The van der Waals surface area contributed by atoms with E-state index >= 15 is 0 Å². The summed E-state index contributed by atoms with van der Waals surface area (Å²) in [6, 6.07) is 7.10. The molecule has 23 heavy (non-hydrogen) atoms. The molecule has 2 amide bonds. The Morgan fingerprint density at radius 1 is 1.13 bits per heavy atom. The molecule has 0 unspecified atom stereocenters. The van der Waals surface area contributed by atoms with Crippen molar-refractivity contribution in [2.75, 3.05) is 0 Å². The molecule has 1 saturated carbocycles. The van der Waals surface area contributed by atoms with Crippen molar-refractivity contribution in [3.05, 3.63) is 40.3 Å². The number of aromatic amines is 1. The third kappa shape index (κ3) is 3.39. The number of benzene rings is 1. The zero-order valence-corrected chi connectivity index (χ0v) is 12.6. The molecule has 3 N–H and O–H groups in total. The fraction of sp³-hybridized carbons (Fsp3) is 0.375. The summed E-state index contributed by atoms with van der Waals surface area (Å²) in [4.78, 5) is 35.4. The van der Waals surface area contributed by atoms with Gasteiger partial charge in [-0.25, -0.2) is 5.10 Å². The van der Waals surface area contributed by atoms with Crippen molar-refractivity contribution in [1.82, 2.24) is 20.8 Å². The van der Waals surface area contributed by atoms with Crippen LogP contribution in [-0.4, -0.2) is 28.1 Å². The molecular formula is C16H18N4O3. The number of H-pyrrole nitrogens is 1. The Balaban J connectivity index is 1.66. The summed E-state index contributed by atoms with van der Waals surface area (Å²) in [5.41, 5.74) is 0.233. The highest BCUT2D eigenvalue weighted by Crippen LogP contribution is 2.17. The zero-order valence-electron chi connectivity index (χ0n) is 12.6. The van der Waals surface area contributed by atoms with Crippen molar-refractivity contribution < 1.29 is 9.59 Å². The first-order chi connectivity index (χ1) is 11.1. The van der Waals surface area contributed by atoms with Crippen LogP contribution in [0.25, 0.3) is 10.8 Å². The van der Waals surface area contributed by atoms with E-state index in [-0.39, 0.29) is 18.1 Å². The number of carbonyl (C=O) groups excluding carboxylic acids is 2. The quantitative estimate of drug-likeness (QED) is 0.722. The summed E-state index contributed by atoms with van der Waals surface area (Å²) in [6.07, 6.45) is 4.01. The monoisotopic (exact) mass is 314 g/mol. The van der Waals surface area contributed by atoms with E-state index in [1.807, 2.05) is 0 Å². The molecule has 1 fully saturated rings. The van der Waals surface area contributed by atoms with Crippen LogP contribution in [0.4, 0.5) is 0 Å². The molecule has 2 aromatic rings. The summed E-state index contributed by atoms with van der Waals surface area (Å²) >= 11 is 0. The van der Waals surface area contributed by atoms with Gasteiger partial charge in [0.1, 0.15) is 0 Å². The van der Waals surface area contributed by atoms with Gasteiger partial charge >= 0.3 is 11.8 Å². The zero-order chi connectivity index (χ0) is 16.2. The summed E-state index contributed by atoms with van der Waals surface area (Å²) < 4.78 is 0. The van der Waals surface area contributed by atoms with Crippen molar-refractivity contribution in [2.24, 2.45) is 0 Å². The van der Waals surface area contributed by atoms with Crippen molar-refractivity contribution in [3.63, 3.8) is 0 Å². The third-order valence-corrected chi connectivity index (χ3v) is 4.09. The molecule has 1 aromatic carbocycles. The first-order valence-corrected chi connectivity index (χ1v) is 7.70. The van der Waals surface area contributed by atoms with Gasteiger partial charge in [-0.1, -0.05) is 31.0 Å². The number of fused-ring (bicyclic) bond motifs is 1. The minimum absolute atomic E-state index is 0.0776. The average Bonchev–Trinajstić information content (AvgIpc) is 3.07. The largest absolute Gasteiger partial charge is 0.345 e. The van der Waals surface area contributed by atoms with Gasteiger partial charge in [-0.15, -0.1) is 0 Å². The van der Waals surface area contributed by atoms with Gasteiger partial charge in [0.15, 0.2) is 0 Å². The van der Waals surface area contributed by atoms with Gasteiger partial charge in [-0.2, -0.15) is 5.10 Å². The van der Waals surface area contributed by atoms with Gasteiger partial charge in [-0.05, 0) is 18.9 Å². The number of nitrogens with zero attached hydrogens (tertiary/aromatic N) is 1. The second-order valence-electron chi connectivity index (χ2n) is 5.68. The van der Waals surface area contributed by atoms with Gasteiger partial charge in [0.25, 0.3) is 5.56 Å². The standard InChI is InChI=1S/C16H18N4O3/c21-14-12-8-4-3-7-11(12)13(19-20-14)9-17-15(22)16(23)18-10-5-1-2-6-10/h3-4,7-8,10H,1-2,5-6,9H2,(H,17,22)(H,18,23)(H,20,21). The lowest BCUT2D eigenvalue weighted by Gasteiger charge is -2.11. The molecule has 1 heterocycles. The summed E-state index contributed by atoms with van der Waals surface area (Å²) in [6.45, 7) is 0.0776. The van der Waals surface area contributed by atoms with E-state index in [4.69, 9.17) is 0 Å². The third-order valence-electron chi connectivity index (χ3n) is 4.09. The van der Waals surface area contributed by atoms with Crippen LogP contribution in [-0.2, 0) is 16.1 Å². The summed E-state index contributed by atoms with van der Waals surface area (Å²) in [5.74, 6) is -1.31. The molecule has 0 saturated heterocycles. The Morgan fingerprint density at radius 3 is 2.57 bits per heavy atom. The highest BCUT2D eigenvalue weighted by molar-refractivity contribution is 6.35. The number of rotatable bonds is 3. The van der Waals surface area contributed by atoms with Gasteiger partial charge in [-0.3, -0.25) is 14.4 Å². The number of aromatic nitrogens is 2. The van der Waals surface area contributed by atoms with Crippen molar-refractivity contribution in [3.8, 4) is 0 Å². The minimum atomic E-state index is -0.686. The fourth-order valence-corrected chi connectivity index (χ4v) is 2.87. The normalized spacial score (nSPS) is 14.8. The molecule has 0 aliphatic heterocycles. The van der Waals surface area contributed by atoms with E-state index in [9.17, 15) is 14.4 Å². The predicted molar refractivity (Wildman–Crippen MR) is 84.6 cm³/mol. The highest BCUT2D eigenvalue weighted by atomic mass is 16.2. The number of amides is 2. The van der Waals surface area contributed by atoms with Crippen LogP contribution in [0.15, 0.2) is 29.1 Å². The molecule has 0 radical (unpaired) electrons. The van der Waals surface area contributed by atoms with Gasteiger partial charge in [0, 0.05) is 11.4 Å². The maximum absolute atomic E-state index is 11.9. The fourth-order valence-electron chi connectivity index (χ4n) is 2.87. The van der Waals surface area contributed by atoms with Gasteiger partial charge in [0.2, 0.25) is 0 Å². The van der Waals surface area contributed by atoms with Crippen LogP contribution in [0.1, 0.15) is 31.4 Å². The summed E-state index contributed by atoms with van der Waals surface area (Å²) in [7, 11) is 0. The smallest absolute Gasteiger partial charge is 0.309 e. The Bertz CT molecular complexity index is 793. The van der Waals surface area contributed by atoms with Crippen LogP contribution in [0.3, 0.4) is 0 Å². The maximum atomic E-state index is 11.9. The van der Waals surface area contributed by atoms with Gasteiger partial charge < -0.3 is 10.6 Å². The molecular weight excluding hydrogens is 296 g/mol. The maximum Gasteiger partial charge on any atom is 0.309 e. The van der Waals surface area contributed by atoms with E-state index < -0.39 is 11.8 Å². The molecule has 1 aliphatic rings. The van der Waals surface area contributed by atoms with E-state index in [1.165, 1.54) is 0 Å². The topological polar surface area (TPSA) is 104 Å².